The van der Waals surface area contributed by atoms with E-state index in [-0.39, 0.29) is 17.5 Å². The lowest BCUT2D eigenvalue weighted by molar-refractivity contribution is -0.117. The summed E-state index contributed by atoms with van der Waals surface area (Å²) in [4.78, 5) is 27.8. The second kappa shape index (κ2) is 8.20. The highest BCUT2D eigenvalue weighted by Crippen LogP contribution is 2.27. The second-order valence-corrected chi connectivity index (χ2v) is 6.74. The zero-order chi connectivity index (χ0) is 19.4. The molecule has 27 heavy (non-hydrogen) atoms. The molecular weight excluding hydrogens is 345 g/mol. The fourth-order valence-electron chi connectivity index (χ4n) is 3.24. The molecule has 1 aliphatic heterocycles. The Balaban J connectivity index is 1.69. The van der Waals surface area contributed by atoms with Crippen LogP contribution in [-0.4, -0.2) is 32.0 Å². The maximum absolute atomic E-state index is 14.4. The molecule has 5 nitrogen and oxygen atoms in total. The van der Waals surface area contributed by atoms with Gasteiger partial charge in [0.2, 0.25) is 5.91 Å². The number of hydrogen-bond donors (Lipinski definition) is 1. The number of rotatable bonds is 6. The smallest absolute Gasteiger partial charge is 0.255 e. The maximum Gasteiger partial charge on any atom is 0.255 e. The lowest BCUT2D eigenvalue weighted by Gasteiger charge is -2.18. The van der Waals surface area contributed by atoms with Gasteiger partial charge in [0.1, 0.15) is 5.82 Å². The number of carbonyl (C=O) groups excluding carboxylic acids is 2. The summed E-state index contributed by atoms with van der Waals surface area (Å²) < 4.78 is 14.4. The van der Waals surface area contributed by atoms with Crippen molar-refractivity contribution in [3.8, 4) is 0 Å². The topological polar surface area (TPSA) is 52.7 Å². The maximum atomic E-state index is 14.4. The molecule has 0 bridgehead atoms. The van der Waals surface area contributed by atoms with Crippen LogP contribution in [0.25, 0.3) is 0 Å². The average molecular weight is 369 g/mol. The molecule has 3 rings (SSSR count). The summed E-state index contributed by atoms with van der Waals surface area (Å²) in [5.41, 5.74) is 2.17. The third kappa shape index (κ3) is 4.27. The minimum Gasteiger partial charge on any atom is -0.375 e. The highest BCUT2D eigenvalue weighted by molar-refractivity contribution is 6.04. The molecule has 1 aliphatic rings. The van der Waals surface area contributed by atoms with Crippen molar-refractivity contribution in [2.75, 3.05) is 35.3 Å². The number of amides is 2. The van der Waals surface area contributed by atoms with Crippen LogP contribution in [0.5, 0.6) is 0 Å². The number of nitrogens with zero attached hydrogens (tertiary/aromatic N) is 2. The van der Waals surface area contributed by atoms with E-state index >= 15 is 0 Å². The zero-order valence-electron chi connectivity index (χ0n) is 15.7. The Kier molecular flexibility index (Phi) is 5.74. The van der Waals surface area contributed by atoms with Crippen LogP contribution in [0.2, 0.25) is 0 Å². The Morgan fingerprint density at radius 2 is 1.96 bits per heavy atom. The van der Waals surface area contributed by atoms with Crippen molar-refractivity contribution in [2.24, 2.45) is 0 Å². The van der Waals surface area contributed by atoms with Crippen molar-refractivity contribution in [3.63, 3.8) is 0 Å². The summed E-state index contributed by atoms with van der Waals surface area (Å²) >= 11 is 0. The van der Waals surface area contributed by atoms with Crippen molar-refractivity contribution in [2.45, 2.75) is 26.2 Å². The Bertz CT molecular complexity index is 836. The van der Waals surface area contributed by atoms with Crippen LogP contribution in [0.3, 0.4) is 0 Å². The first-order valence-corrected chi connectivity index (χ1v) is 9.22. The predicted molar refractivity (Wildman–Crippen MR) is 106 cm³/mol. The van der Waals surface area contributed by atoms with Gasteiger partial charge in [0.25, 0.3) is 5.91 Å². The highest BCUT2D eigenvalue weighted by atomic mass is 19.1. The monoisotopic (exact) mass is 369 g/mol. The molecule has 1 heterocycles. The molecule has 0 aromatic heterocycles. The zero-order valence-corrected chi connectivity index (χ0v) is 15.7. The van der Waals surface area contributed by atoms with E-state index in [0.29, 0.717) is 24.2 Å². The predicted octanol–water partition coefficient (Wildman–Crippen LogP) is 4.05. The molecule has 2 aromatic rings. The van der Waals surface area contributed by atoms with Gasteiger partial charge in [-0.15, -0.1) is 0 Å². The van der Waals surface area contributed by atoms with Crippen LogP contribution in [0, 0.1) is 5.82 Å². The van der Waals surface area contributed by atoms with Gasteiger partial charge in [0.05, 0.1) is 5.69 Å². The van der Waals surface area contributed by atoms with Crippen LogP contribution in [0.15, 0.2) is 42.5 Å². The average Bonchev–Trinajstić information content (AvgIpc) is 3.08. The third-order valence-electron chi connectivity index (χ3n) is 4.70. The summed E-state index contributed by atoms with van der Waals surface area (Å²) in [6.07, 6.45) is 2.23. The van der Waals surface area contributed by atoms with Gasteiger partial charge in [-0.1, -0.05) is 6.92 Å². The van der Waals surface area contributed by atoms with E-state index in [0.717, 1.165) is 25.1 Å². The van der Waals surface area contributed by atoms with E-state index in [9.17, 15) is 14.0 Å². The van der Waals surface area contributed by atoms with E-state index < -0.39 is 5.82 Å². The molecular formula is C21H24FN3O2. The van der Waals surface area contributed by atoms with Crippen LogP contribution >= 0.6 is 0 Å². The van der Waals surface area contributed by atoms with E-state index in [2.05, 4.69) is 17.1 Å². The summed E-state index contributed by atoms with van der Waals surface area (Å²) in [5.74, 6) is -0.887. The molecule has 1 saturated heterocycles. The second-order valence-electron chi connectivity index (χ2n) is 6.74. The van der Waals surface area contributed by atoms with E-state index in [1.807, 2.05) is 19.2 Å². The third-order valence-corrected chi connectivity index (χ3v) is 4.70. The number of halogens is 1. The minimum atomic E-state index is -0.514. The standard InChI is InChI=1S/C21H24FN3O2/c1-3-12-24(2)17-9-6-15(7-10-17)21(27)23-16-8-11-19(18(22)14-16)25-13-4-5-20(25)26/h6-11,14H,3-5,12-13H2,1-2H3,(H,23,27). The quantitative estimate of drug-likeness (QED) is 0.836. The molecule has 1 fully saturated rings. The summed E-state index contributed by atoms with van der Waals surface area (Å²) in [6.45, 7) is 3.58. The summed E-state index contributed by atoms with van der Waals surface area (Å²) in [7, 11) is 2.01. The largest absolute Gasteiger partial charge is 0.375 e. The fraction of sp³-hybridized carbons (Fsp3) is 0.333. The molecule has 0 unspecified atom stereocenters. The molecule has 1 N–H and O–H groups in total. The molecule has 0 saturated carbocycles. The molecule has 0 atom stereocenters. The first-order valence-electron chi connectivity index (χ1n) is 9.22. The van der Waals surface area contributed by atoms with Gasteiger partial charge in [-0.3, -0.25) is 9.59 Å². The summed E-state index contributed by atoms with van der Waals surface area (Å²) in [5, 5.41) is 2.71. The number of hydrogen-bond acceptors (Lipinski definition) is 3. The lowest BCUT2D eigenvalue weighted by Crippen LogP contribution is -2.24. The number of anilines is 3. The summed E-state index contributed by atoms with van der Waals surface area (Å²) in [6, 6.07) is 11.7. The van der Waals surface area contributed by atoms with Crippen LogP contribution in [0.1, 0.15) is 36.5 Å². The van der Waals surface area contributed by atoms with Crippen molar-refractivity contribution in [1.82, 2.24) is 0 Å². The normalized spacial score (nSPS) is 13.7. The first-order chi connectivity index (χ1) is 13.0. The van der Waals surface area contributed by atoms with Crippen molar-refractivity contribution in [3.05, 3.63) is 53.8 Å². The Hall–Kier alpha value is -2.89. The van der Waals surface area contributed by atoms with Crippen LogP contribution in [0.4, 0.5) is 21.5 Å². The molecule has 2 amide bonds. The first kappa shape index (κ1) is 18.9. The van der Waals surface area contributed by atoms with E-state index in [4.69, 9.17) is 0 Å². The highest BCUT2D eigenvalue weighted by Gasteiger charge is 2.24. The number of nitrogens with one attached hydrogen (secondary N) is 1. The fourth-order valence-corrected chi connectivity index (χ4v) is 3.24. The minimum absolute atomic E-state index is 0.0705. The van der Waals surface area contributed by atoms with Gasteiger partial charge < -0.3 is 15.1 Å². The van der Waals surface area contributed by atoms with E-state index in [1.165, 1.54) is 17.0 Å². The van der Waals surface area contributed by atoms with E-state index in [1.54, 1.807) is 18.2 Å². The van der Waals surface area contributed by atoms with Crippen LogP contribution in [-0.2, 0) is 4.79 Å². The van der Waals surface area contributed by atoms with Crippen molar-refractivity contribution in [1.29, 1.82) is 0 Å². The van der Waals surface area contributed by atoms with Crippen LogP contribution < -0.4 is 15.1 Å². The SMILES string of the molecule is CCCN(C)c1ccc(C(=O)Nc2ccc(N3CCCC3=O)c(F)c2)cc1. The molecule has 2 aromatic carbocycles. The van der Waals surface area contributed by atoms with Gasteiger partial charge >= 0.3 is 0 Å². The van der Waals surface area contributed by atoms with Crippen molar-refractivity contribution < 1.29 is 14.0 Å². The number of carbonyl (C=O) groups is 2. The molecule has 0 radical (unpaired) electrons. The van der Waals surface area contributed by atoms with Gasteiger partial charge in [0.15, 0.2) is 0 Å². The Labute approximate surface area is 158 Å². The molecule has 6 heteroatoms. The molecule has 142 valence electrons. The van der Waals surface area contributed by atoms with Gasteiger partial charge in [-0.25, -0.2) is 4.39 Å². The molecule has 0 spiro atoms. The van der Waals surface area contributed by atoms with Gasteiger partial charge in [-0.05, 0) is 55.3 Å². The Morgan fingerprint density at radius 3 is 2.56 bits per heavy atom. The lowest BCUT2D eigenvalue weighted by atomic mass is 10.1. The van der Waals surface area contributed by atoms with Crippen molar-refractivity contribution >= 4 is 28.9 Å². The van der Waals surface area contributed by atoms with Gasteiger partial charge in [0, 0.05) is 43.5 Å². The Morgan fingerprint density at radius 1 is 1.22 bits per heavy atom. The number of benzene rings is 2. The molecule has 0 aliphatic carbocycles. The van der Waals surface area contributed by atoms with Gasteiger partial charge in [-0.2, -0.15) is 0 Å².